The molecule has 54 valence electrons. The number of methoxy groups -OCH3 is 1. The molecule has 0 aromatic heterocycles. The van der Waals surface area contributed by atoms with Crippen molar-refractivity contribution in [3.63, 3.8) is 0 Å². The minimum Gasteiger partial charge on any atom is -0.381 e. The van der Waals surface area contributed by atoms with Gasteiger partial charge < -0.3 is 4.74 Å². The van der Waals surface area contributed by atoms with Gasteiger partial charge in [-0.2, -0.15) is 0 Å². The molecule has 0 aliphatic rings. The third-order valence-corrected chi connectivity index (χ3v) is 1.10. The lowest BCUT2D eigenvalue weighted by atomic mass is 10.4. The Balaban J connectivity index is 3.04. The molecule has 0 aromatic carbocycles. The molecule has 9 heavy (non-hydrogen) atoms. The van der Waals surface area contributed by atoms with Crippen molar-refractivity contribution < 1.29 is 4.74 Å². The molecular formula is C6H10Cl2O. The molecule has 0 spiro atoms. The molecule has 0 amide bonds. The number of alkyl halides is 2. The lowest BCUT2D eigenvalue weighted by Gasteiger charge is -1.91. The molecule has 0 unspecified atom stereocenters. The summed E-state index contributed by atoms with van der Waals surface area (Å²) in [5, 5.41) is 0. The van der Waals surface area contributed by atoms with Crippen molar-refractivity contribution in [2.24, 2.45) is 0 Å². The molecule has 0 radical (unpaired) electrons. The fourth-order valence-electron chi connectivity index (χ4n) is 0.363. The van der Waals surface area contributed by atoms with Gasteiger partial charge in [-0.05, 0) is 6.42 Å². The summed E-state index contributed by atoms with van der Waals surface area (Å²) in [5.74, 6) is 0. The second-order valence-electron chi connectivity index (χ2n) is 1.55. The van der Waals surface area contributed by atoms with E-state index in [-0.39, 0.29) is 4.84 Å². The van der Waals surface area contributed by atoms with E-state index in [0.29, 0.717) is 13.0 Å². The Hall–Kier alpha value is 0.280. The van der Waals surface area contributed by atoms with E-state index in [1.807, 2.05) is 12.2 Å². The topological polar surface area (TPSA) is 9.23 Å². The van der Waals surface area contributed by atoms with Gasteiger partial charge in [0.2, 0.25) is 0 Å². The quantitative estimate of drug-likeness (QED) is 0.463. The van der Waals surface area contributed by atoms with Crippen LogP contribution < -0.4 is 0 Å². The second-order valence-corrected chi connectivity index (χ2v) is 2.83. The van der Waals surface area contributed by atoms with Crippen LogP contribution in [0.1, 0.15) is 6.42 Å². The molecule has 0 saturated heterocycles. The minimum atomic E-state index is -0.293. The second kappa shape index (κ2) is 6.40. The summed E-state index contributed by atoms with van der Waals surface area (Å²) in [6.45, 7) is 0.625. The van der Waals surface area contributed by atoms with Gasteiger partial charge in [0.05, 0.1) is 6.61 Å². The summed E-state index contributed by atoms with van der Waals surface area (Å²) >= 11 is 10.9. The summed E-state index contributed by atoms with van der Waals surface area (Å²) < 4.78 is 4.75. The van der Waals surface area contributed by atoms with Gasteiger partial charge in [-0.1, -0.05) is 12.2 Å². The summed E-state index contributed by atoms with van der Waals surface area (Å²) in [6.07, 6.45) is 4.47. The van der Waals surface area contributed by atoms with Crippen molar-refractivity contribution in [3.8, 4) is 0 Å². The number of ether oxygens (including phenoxy) is 1. The fraction of sp³-hybridized carbons (Fsp3) is 0.667. The largest absolute Gasteiger partial charge is 0.381 e. The molecule has 0 rings (SSSR count). The molecule has 0 aliphatic heterocycles. The summed E-state index contributed by atoms with van der Waals surface area (Å²) in [5.41, 5.74) is 0. The van der Waals surface area contributed by atoms with Gasteiger partial charge in [-0.25, -0.2) is 0 Å². The van der Waals surface area contributed by atoms with Gasteiger partial charge in [0.25, 0.3) is 0 Å². The van der Waals surface area contributed by atoms with Crippen LogP contribution >= 0.6 is 23.2 Å². The monoisotopic (exact) mass is 168 g/mol. The first kappa shape index (κ1) is 9.28. The molecule has 0 aliphatic carbocycles. The van der Waals surface area contributed by atoms with Crippen LogP contribution in [0, 0.1) is 0 Å². The number of hydrogen-bond acceptors (Lipinski definition) is 1. The maximum absolute atomic E-state index is 5.43. The van der Waals surface area contributed by atoms with Gasteiger partial charge in [-0.3, -0.25) is 0 Å². The first-order valence-corrected chi connectivity index (χ1v) is 3.56. The van der Waals surface area contributed by atoms with Crippen molar-refractivity contribution in [3.05, 3.63) is 12.2 Å². The number of hydrogen-bond donors (Lipinski definition) is 0. The number of halogens is 2. The minimum absolute atomic E-state index is 0.293. The van der Waals surface area contributed by atoms with Crippen molar-refractivity contribution >= 4 is 23.2 Å². The van der Waals surface area contributed by atoms with Gasteiger partial charge in [-0.15, -0.1) is 23.2 Å². The van der Waals surface area contributed by atoms with E-state index in [2.05, 4.69) is 0 Å². The highest BCUT2D eigenvalue weighted by Gasteiger charge is 1.90. The Morgan fingerprint density at radius 1 is 1.44 bits per heavy atom. The van der Waals surface area contributed by atoms with E-state index in [0.717, 1.165) is 0 Å². The molecule has 0 saturated carbocycles. The van der Waals surface area contributed by atoms with E-state index in [1.165, 1.54) is 0 Å². The third-order valence-electron chi connectivity index (χ3n) is 0.744. The Labute approximate surface area is 65.6 Å². The van der Waals surface area contributed by atoms with Crippen LogP contribution in [-0.4, -0.2) is 18.6 Å². The van der Waals surface area contributed by atoms with Crippen LogP contribution in [0.2, 0.25) is 0 Å². The number of rotatable bonds is 4. The fourth-order valence-corrected chi connectivity index (χ4v) is 0.569. The SMILES string of the molecule is COC/C=C/CC(Cl)Cl. The predicted molar refractivity (Wildman–Crippen MR) is 41.1 cm³/mol. The van der Waals surface area contributed by atoms with E-state index >= 15 is 0 Å². The Bertz CT molecular complexity index is 81.1. The molecule has 3 heteroatoms. The van der Waals surface area contributed by atoms with Crippen molar-refractivity contribution in [1.82, 2.24) is 0 Å². The highest BCUT2D eigenvalue weighted by Crippen LogP contribution is 2.06. The zero-order chi connectivity index (χ0) is 7.11. The third kappa shape index (κ3) is 8.28. The standard InChI is InChI=1S/C6H10Cl2O/c1-9-5-3-2-4-6(7)8/h2-3,6H,4-5H2,1H3/b3-2+. The van der Waals surface area contributed by atoms with Crippen molar-refractivity contribution in [2.45, 2.75) is 11.3 Å². The lowest BCUT2D eigenvalue weighted by molar-refractivity contribution is 0.233. The van der Waals surface area contributed by atoms with E-state index in [1.54, 1.807) is 7.11 Å². The summed E-state index contributed by atoms with van der Waals surface area (Å²) in [4.78, 5) is -0.293. The average Bonchev–Trinajstić information content (AvgIpc) is 1.80. The smallest absolute Gasteiger partial charge is 0.111 e. The number of allylic oxidation sites excluding steroid dienone is 1. The van der Waals surface area contributed by atoms with Gasteiger partial charge >= 0.3 is 0 Å². The maximum atomic E-state index is 5.43. The van der Waals surface area contributed by atoms with E-state index in [9.17, 15) is 0 Å². The van der Waals surface area contributed by atoms with Crippen LogP contribution in [-0.2, 0) is 4.74 Å². The lowest BCUT2D eigenvalue weighted by Crippen LogP contribution is -1.84. The molecule has 1 nitrogen and oxygen atoms in total. The van der Waals surface area contributed by atoms with Crippen LogP contribution in [0.3, 0.4) is 0 Å². The highest BCUT2D eigenvalue weighted by molar-refractivity contribution is 6.44. The van der Waals surface area contributed by atoms with Gasteiger partial charge in [0.15, 0.2) is 0 Å². The summed E-state index contributed by atoms with van der Waals surface area (Å²) in [7, 11) is 1.64. The molecule has 0 aromatic rings. The molecule has 0 heterocycles. The van der Waals surface area contributed by atoms with Crippen molar-refractivity contribution in [1.29, 1.82) is 0 Å². The van der Waals surface area contributed by atoms with Gasteiger partial charge in [0, 0.05) is 7.11 Å². The van der Waals surface area contributed by atoms with Crippen LogP contribution in [0.5, 0.6) is 0 Å². The Kier molecular flexibility index (Phi) is 6.60. The normalized spacial score (nSPS) is 11.6. The predicted octanol–water partition coefficient (Wildman–Crippen LogP) is 2.38. The first-order valence-electron chi connectivity index (χ1n) is 2.69. The zero-order valence-corrected chi connectivity index (χ0v) is 6.82. The van der Waals surface area contributed by atoms with E-state index in [4.69, 9.17) is 27.9 Å². The summed E-state index contributed by atoms with van der Waals surface area (Å²) in [6, 6.07) is 0. The van der Waals surface area contributed by atoms with Crippen LogP contribution in [0.4, 0.5) is 0 Å². The van der Waals surface area contributed by atoms with Crippen molar-refractivity contribution in [2.75, 3.05) is 13.7 Å². The molecule has 0 fully saturated rings. The van der Waals surface area contributed by atoms with Crippen LogP contribution in [0.15, 0.2) is 12.2 Å². The molecular weight excluding hydrogens is 159 g/mol. The zero-order valence-electron chi connectivity index (χ0n) is 5.31. The molecule has 0 atom stereocenters. The Morgan fingerprint density at radius 2 is 2.11 bits per heavy atom. The van der Waals surface area contributed by atoms with E-state index < -0.39 is 0 Å². The Morgan fingerprint density at radius 3 is 2.56 bits per heavy atom. The molecule has 0 bridgehead atoms. The molecule has 0 N–H and O–H groups in total. The van der Waals surface area contributed by atoms with Gasteiger partial charge in [0.1, 0.15) is 4.84 Å². The highest BCUT2D eigenvalue weighted by atomic mass is 35.5. The average molecular weight is 169 g/mol. The maximum Gasteiger partial charge on any atom is 0.111 e. The first-order chi connectivity index (χ1) is 4.27. The van der Waals surface area contributed by atoms with Crippen LogP contribution in [0.25, 0.3) is 0 Å².